The van der Waals surface area contributed by atoms with Crippen molar-refractivity contribution in [1.82, 2.24) is 0 Å². The highest BCUT2D eigenvalue weighted by Gasteiger charge is 2.49. The molecule has 0 heterocycles. The van der Waals surface area contributed by atoms with E-state index in [2.05, 4.69) is 19.9 Å². The Labute approximate surface area is 72.6 Å². The molecule has 2 heteroatoms. The van der Waals surface area contributed by atoms with E-state index in [0.29, 0.717) is 18.3 Å². The molecular formula is C10H14O2. The van der Waals surface area contributed by atoms with Crippen molar-refractivity contribution >= 4 is 6.47 Å². The Hall–Kier alpha value is -0.790. The van der Waals surface area contributed by atoms with Gasteiger partial charge in [0.1, 0.15) is 5.60 Å². The van der Waals surface area contributed by atoms with Crippen LogP contribution in [0.1, 0.15) is 26.7 Å². The van der Waals surface area contributed by atoms with Gasteiger partial charge in [0.25, 0.3) is 6.47 Å². The molecule has 0 saturated heterocycles. The van der Waals surface area contributed by atoms with Gasteiger partial charge < -0.3 is 4.74 Å². The zero-order chi connectivity index (χ0) is 8.77. The molecule has 2 aliphatic rings. The molecule has 0 aromatic rings. The number of fused-ring (bicyclic) bond motifs is 2. The number of ether oxygens (including phenoxy) is 1. The molecule has 0 aromatic carbocycles. The second kappa shape index (κ2) is 2.35. The van der Waals surface area contributed by atoms with Gasteiger partial charge in [-0.05, 0) is 37.7 Å². The minimum absolute atomic E-state index is 0.226. The van der Waals surface area contributed by atoms with Crippen molar-refractivity contribution in [1.29, 1.82) is 0 Å². The maximum absolute atomic E-state index is 10.3. The highest BCUT2D eigenvalue weighted by atomic mass is 16.5. The van der Waals surface area contributed by atoms with Crippen molar-refractivity contribution in [2.45, 2.75) is 32.3 Å². The zero-order valence-corrected chi connectivity index (χ0v) is 7.54. The smallest absolute Gasteiger partial charge is 0.293 e. The first-order chi connectivity index (χ1) is 5.67. The van der Waals surface area contributed by atoms with Gasteiger partial charge >= 0.3 is 0 Å². The molecule has 0 aromatic heterocycles. The zero-order valence-electron chi connectivity index (χ0n) is 7.54. The third-order valence-corrected chi connectivity index (χ3v) is 3.28. The molecule has 2 rings (SSSR count). The first kappa shape index (κ1) is 7.84. The molecule has 3 atom stereocenters. The first-order valence-corrected chi connectivity index (χ1v) is 4.48. The summed E-state index contributed by atoms with van der Waals surface area (Å²) in [5, 5.41) is 0. The van der Waals surface area contributed by atoms with Crippen LogP contribution in [0.25, 0.3) is 0 Å². The predicted octanol–water partition coefficient (Wildman–Crippen LogP) is 1.90. The minimum atomic E-state index is -0.226. The molecule has 0 spiro atoms. The van der Waals surface area contributed by atoms with E-state index in [1.54, 1.807) is 0 Å². The van der Waals surface area contributed by atoms with E-state index in [-0.39, 0.29) is 5.60 Å². The number of carbonyl (C=O) groups is 1. The van der Waals surface area contributed by atoms with E-state index >= 15 is 0 Å². The summed E-state index contributed by atoms with van der Waals surface area (Å²) in [5.74, 6) is 1.33. The van der Waals surface area contributed by atoms with Gasteiger partial charge in [0.15, 0.2) is 0 Å². The third kappa shape index (κ3) is 0.904. The number of hydrogen-bond acceptors (Lipinski definition) is 2. The SMILES string of the molecule is CC1=CC2(OC=O)CC(C)C1C2. The molecule has 2 aliphatic carbocycles. The Morgan fingerprint density at radius 1 is 1.67 bits per heavy atom. The van der Waals surface area contributed by atoms with Crippen LogP contribution in [0.3, 0.4) is 0 Å². The quantitative estimate of drug-likeness (QED) is 0.462. The molecule has 1 fully saturated rings. The van der Waals surface area contributed by atoms with Crippen LogP contribution in [0, 0.1) is 11.8 Å². The van der Waals surface area contributed by atoms with Gasteiger partial charge in [-0.2, -0.15) is 0 Å². The third-order valence-electron chi connectivity index (χ3n) is 3.28. The number of carbonyl (C=O) groups excluding carboxylic acids is 1. The Bertz CT molecular complexity index is 244. The molecule has 3 unspecified atom stereocenters. The highest BCUT2D eigenvalue weighted by Crippen LogP contribution is 2.51. The fraction of sp³-hybridized carbons (Fsp3) is 0.700. The van der Waals surface area contributed by atoms with Crippen molar-refractivity contribution in [3.8, 4) is 0 Å². The van der Waals surface area contributed by atoms with Gasteiger partial charge in [-0.3, -0.25) is 4.79 Å². The van der Waals surface area contributed by atoms with Crippen LogP contribution in [0.5, 0.6) is 0 Å². The standard InChI is InChI=1S/C10H14O2/c1-7-3-10(12-6-11)4-8(2)9(7)5-10/h3,6,8-9H,4-5H2,1-2H3. The van der Waals surface area contributed by atoms with Crippen LogP contribution in [0.15, 0.2) is 11.6 Å². The molecule has 0 radical (unpaired) electrons. The van der Waals surface area contributed by atoms with Crippen LogP contribution in [-0.4, -0.2) is 12.1 Å². The average Bonchev–Trinajstić information content (AvgIpc) is 2.41. The molecule has 0 N–H and O–H groups in total. The van der Waals surface area contributed by atoms with Crippen LogP contribution in [0.2, 0.25) is 0 Å². The van der Waals surface area contributed by atoms with E-state index in [1.165, 1.54) is 5.57 Å². The van der Waals surface area contributed by atoms with Crippen LogP contribution < -0.4 is 0 Å². The maximum atomic E-state index is 10.3. The summed E-state index contributed by atoms with van der Waals surface area (Å²) >= 11 is 0. The second-order valence-corrected chi connectivity index (χ2v) is 4.16. The van der Waals surface area contributed by atoms with Crippen LogP contribution >= 0.6 is 0 Å². The topological polar surface area (TPSA) is 26.3 Å². The minimum Gasteiger partial charge on any atom is -0.457 e. The molecule has 2 nitrogen and oxygen atoms in total. The van der Waals surface area contributed by atoms with E-state index in [1.807, 2.05) is 0 Å². The fourth-order valence-electron chi connectivity index (χ4n) is 2.82. The number of allylic oxidation sites excluding steroid dienone is 1. The van der Waals surface area contributed by atoms with Crippen molar-refractivity contribution in [3.63, 3.8) is 0 Å². The molecule has 2 bridgehead atoms. The van der Waals surface area contributed by atoms with Crippen molar-refractivity contribution in [2.75, 3.05) is 0 Å². The summed E-state index contributed by atoms with van der Waals surface area (Å²) in [7, 11) is 0. The van der Waals surface area contributed by atoms with Gasteiger partial charge in [-0.1, -0.05) is 12.5 Å². The number of hydrogen-bond donors (Lipinski definition) is 0. The van der Waals surface area contributed by atoms with Gasteiger partial charge in [0.2, 0.25) is 0 Å². The predicted molar refractivity (Wildman–Crippen MR) is 45.5 cm³/mol. The summed E-state index contributed by atoms with van der Waals surface area (Å²) in [5.41, 5.74) is 1.17. The molecular weight excluding hydrogens is 152 g/mol. The summed E-state index contributed by atoms with van der Waals surface area (Å²) in [6.45, 7) is 4.96. The van der Waals surface area contributed by atoms with E-state index in [4.69, 9.17) is 4.74 Å². The average molecular weight is 166 g/mol. The Morgan fingerprint density at radius 2 is 2.42 bits per heavy atom. The van der Waals surface area contributed by atoms with Gasteiger partial charge in [-0.25, -0.2) is 0 Å². The second-order valence-electron chi connectivity index (χ2n) is 4.16. The monoisotopic (exact) mass is 166 g/mol. The highest BCUT2D eigenvalue weighted by molar-refractivity contribution is 5.42. The molecule has 0 amide bonds. The van der Waals surface area contributed by atoms with Crippen LogP contribution in [0.4, 0.5) is 0 Å². The lowest BCUT2D eigenvalue weighted by Gasteiger charge is -2.23. The first-order valence-electron chi connectivity index (χ1n) is 4.48. The van der Waals surface area contributed by atoms with Crippen molar-refractivity contribution in [3.05, 3.63) is 11.6 Å². The van der Waals surface area contributed by atoms with E-state index in [0.717, 1.165) is 12.8 Å². The molecule has 0 aliphatic heterocycles. The van der Waals surface area contributed by atoms with E-state index < -0.39 is 0 Å². The normalized spacial score (nSPS) is 44.3. The van der Waals surface area contributed by atoms with Gasteiger partial charge in [0, 0.05) is 0 Å². The molecule has 1 saturated carbocycles. The van der Waals surface area contributed by atoms with Crippen molar-refractivity contribution < 1.29 is 9.53 Å². The largest absolute Gasteiger partial charge is 0.457 e. The summed E-state index contributed by atoms with van der Waals surface area (Å²) < 4.78 is 5.17. The number of rotatable bonds is 2. The molecule has 66 valence electrons. The summed E-state index contributed by atoms with van der Waals surface area (Å²) in [4.78, 5) is 10.3. The van der Waals surface area contributed by atoms with Crippen molar-refractivity contribution in [2.24, 2.45) is 11.8 Å². The lowest BCUT2D eigenvalue weighted by Crippen LogP contribution is -2.25. The Morgan fingerprint density at radius 3 is 2.92 bits per heavy atom. The lowest BCUT2D eigenvalue weighted by atomic mass is 9.89. The fourth-order valence-corrected chi connectivity index (χ4v) is 2.82. The lowest BCUT2D eigenvalue weighted by molar-refractivity contribution is -0.138. The summed E-state index contributed by atoms with van der Waals surface area (Å²) in [6, 6.07) is 0. The Balaban J connectivity index is 2.25. The van der Waals surface area contributed by atoms with E-state index in [9.17, 15) is 4.79 Å². The maximum Gasteiger partial charge on any atom is 0.293 e. The van der Waals surface area contributed by atoms with Crippen LogP contribution in [-0.2, 0) is 9.53 Å². The van der Waals surface area contributed by atoms with Gasteiger partial charge in [-0.15, -0.1) is 0 Å². The molecule has 12 heavy (non-hydrogen) atoms. The Kier molecular flexibility index (Phi) is 1.53. The summed E-state index contributed by atoms with van der Waals surface area (Å²) in [6.07, 6.45) is 4.15. The van der Waals surface area contributed by atoms with Gasteiger partial charge in [0.05, 0.1) is 0 Å².